The number of aliphatic hydroxyl groups is 1. The number of ether oxygens (including phenoxy) is 1. The molecule has 1 aromatic carbocycles. The molecule has 8 heteroatoms. The van der Waals surface area contributed by atoms with Crippen LogP contribution in [0.2, 0.25) is 0 Å². The Labute approximate surface area is 245 Å². The molecule has 41 heavy (non-hydrogen) atoms. The second kappa shape index (κ2) is 12.5. The van der Waals surface area contributed by atoms with Crippen LogP contribution in [0.3, 0.4) is 0 Å². The Balaban J connectivity index is 1.82. The number of carbonyl (C=O) groups excluding carboxylic acids is 3. The molecule has 3 fully saturated rings. The van der Waals surface area contributed by atoms with Crippen molar-refractivity contribution in [3.63, 3.8) is 0 Å². The van der Waals surface area contributed by atoms with E-state index in [1.165, 1.54) is 0 Å². The lowest BCUT2D eigenvalue weighted by Gasteiger charge is -2.41. The van der Waals surface area contributed by atoms with E-state index in [9.17, 15) is 19.5 Å². The van der Waals surface area contributed by atoms with Crippen LogP contribution in [0.5, 0.6) is 0 Å². The molecule has 3 aliphatic rings. The van der Waals surface area contributed by atoms with Crippen LogP contribution in [-0.2, 0) is 25.7 Å². The molecule has 2 unspecified atom stereocenters. The van der Waals surface area contributed by atoms with Crippen molar-refractivity contribution in [3.05, 3.63) is 61.2 Å². The number of amides is 3. The van der Waals surface area contributed by atoms with Crippen molar-refractivity contribution in [2.75, 3.05) is 26.2 Å². The number of aliphatic hydroxyl groups excluding tert-OH is 1. The lowest BCUT2D eigenvalue weighted by molar-refractivity contribution is -0.158. The van der Waals surface area contributed by atoms with Crippen molar-refractivity contribution in [1.29, 1.82) is 0 Å². The molecule has 1 spiro atoms. The zero-order valence-electron chi connectivity index (χ0n) is 25.1. The normalized spacial score (nSPS) is 29.6. The minimum absolute atomic E-state index is 0.0595. The molecule has 7 atom stereocenters. The number of hydrogen-bond acceptors (Lipinski definition) is 5. The van der Waals surface area contributed by atoms with E-state index < -0.39 is 35.1 Å². The fourth-order valence-corrected chi connectivity index (χ4v) is 7.47. The Morgan fingerprint density at radius 1 is 1.12 bits per heavy atom. The Kier molecular flexibility index (Phi) is 9.44. The first kappa shape index (κ1) is 31.0. The van der Waals surface area contributed by atoms with Gasteiger partial charge in [-0.1, -0.05) is 69.7 Å². The lowest BCUT2D eigenvalue weighted by atomic mass is 9.66. The van der Waals surface area contributed by atoms with Gasteiger partial charge in [0, 0.05) is 26.2 Å². The zero-order chi connectivity index (χ0) is 29.9. The average Bonchev–Trinajstić information content (AvgIpc) is 3.53. The van der Waals surface area contributed by atoms with Crippen LogP contribution in [0, 0.1) is 17.8 Å². The van der Waals surface area contributed by atoms with Gasteiger partial charge in [-0.05, 0) is 37.7 Å². The van der Waals surface area contributed by atoms with Crippen LogP contribution in [-0.4, -0.2) is 87.1 Å². The summed E-state index contributed by atoms with van der Waals surface area (Å²) in [6.07, 6.45) is 5.96. The molecule has 0 radical (unpaired) electrons. The molecule has 3 saturated heterocycles. The van der Waals surface area contributed by atoms with Crippen LogP contribution in [0.15, 0.2) is 55.6 Å². The van der Waals surface area contributed by atoms with Gasteiger partial charge in [-0.15, -0.1) is 13.2 Å². The topological polar surface area (TPSA) is 90.4 Å². The van der Waals surface area contributed by atoms with E-state index in [-0.39, 0.29) is 30.2 Å². The first-order chi connectivity index (χ1) is 19.6. The summed E-state index contributed by atoms with van der Waals surface area (Å²) in [5.41, 5.74) is -1.04. The van der Waals surface area contributed by atoms with Crippen LogP contribution >= 0.6 is 0 Å². The quantitative estimate of drug-likeness (QED) is 0.347. The summed E-state index contributed by atoms with van der Waals surface area (Å²) in [6, 6.07) is 8.20. The third-order valence-electron chi connectivity index (χ3n) is 9.59. The Morgan fingerprint density at radius 3 is 2.37 bits per heavy atom. The van der Waals surface area contributed by atoms with Gasteiger partial charge in [0.25, 0.3) is 0 Å². The summed E-state index contributed by atoms with van der Waals surface area (Å²) in [7, 11) is 0. The summed E-state index contributed by atoms with van der Waals surface area (Å²) < 4.78 is 6.84. The highest BCUT2D eigenvalue weighted by atomic mass is 16.5. The maximum atomic E-state index is 14.7. The van der Waals surface area contributed by atoms with Crippen LogP contribution in [0.25, 0.3) is 0 Å². The van der Waals surface area contributed by atoms with Crippen LogP contribution in [0.4, 0.5) is 0 Å². The molecule has 3 heterocycles. The van der Waals surface area contributed by atoms with Crippen molar-refractivity contribution < 1.29 is 24.2 Å². The molecule has 1 aromatic rings. The van der Waals surface area contributed by atoms with E-state index in [4.69, 9.17) is 4.74 Å². The highest BCUT2D eigenvalue weighted by molar-refractivity contribution is 5.99. The third-order valence-corrected chi connectivity index (χ3v) is 9.59. The fraction of sp³-hybridized carbons (Fsp3) is 0.606. The van der Waals surface area contributed by atoms with Crippen LogP contribution < -0.4 is 0 Å². The second-order valence-electron chi connectivity index (χ2n) is 12.2. The molecule has 0 aliphatic carbocycles. The summed E-state index contributed by atoms with van der Waals surface area (Å²) in [5.74, 6) is -2.20. The summed E-state index contributed by atoms with van der Waals surface area (Å²) in [5, 5.41) is 10.6. The molecule has 224 valence electrons. The minimum atomic E-state index is -1.15. The molecule has 8 nitrogen and oxygen atoms in total. The monoisotopic (exact) mass is 565 g/mol. The third kappa shape index (κ3) is 5.25. The molecule has 1 N–H and O–H groups in total. The predicted octanol–water partition coefficient (Wildman–Crippen LogP) is 3.80. The summed E-state index contributed by atoms with van der Waals surface area (Å²) in [6.45, 7) is 17.0. The fourth-order valence-electron chi connectivity index (χ4n) is 7.47. The van der Waals surface area contributed by atoms with Gasteiger partial charge < -0.3 is 24.5 Å². The summed E-state index contributed by atoms with van der Waals surface area (Å²) >= 11 is 0. The van der Waals surface area contributed by atoms with E-state index in [0.717, 1.165) is 18.4 Å². The zero-order valence-corrected chi connectivity index (χ0v) is 25.1. The maximum Gasteiger partial charge on any atom is 0.249 e. The Hall–Kier alpha value is -2.97. The Morgan fingerprint density at radius 2 is 1.78 bits per heavy atom. The van der Waals surface area contributed by atoms with Crippen molar-refractivity contribution in [2.45, 2.75) is 83.2 Å². The largest absolute Gasteiger partial charge is 0.394 e. The van der Waals surface area contributed by atoms with Gasteiger partial charge in [-0.2, -0.15) is 0 Å². The highest BCUT2D eigenvalue weighted by Gasteiger charge is 2.79. The van der Waals surface area contributed by atoms with Gasteiger partial charge in [0.1, 0.15) is 11.6 Å². The van der Waals surface area contributed by atoms with Gasteiger partial charge in [0.2, 0.25) is 17.7 Å². The van der Waals surface area contributed by atoms with Gasteiger partial charge in [0.15, 0.2) is 0 Å². The van der Waals surface area contributed by atoms with Crippen molar-refractivity contribution >= 4 is 17.7 Å². The van der Waals surface area contributed by atoms with E-state index in [0.29, 0.717) is 39.0 Å². The van der Waals surface area contributed by atoms with Crippen molar-refractivity contribution in [1.82, 2.24) is 14.7 Å². The molecular formula is C33H47N3O5. The number of rotatable bonds is 14. The van der Waals surface area contributed by atoms with Crippen molar-refractivity contribution in [2.24, 2.45) is 17.8 Å². The molecule has 4 rings (SSSR count). The number of benzene rings is 1. The number of nitrogens with zero attached hydrogens (tertiary/aromatic N) is 3. The number of carbonyl (C=O) groups is 3. The van der Waals surface area contributed by atoms with Gasteiger partial charge in [-0.3, -0.25) is 14.4 Å². The standard InChI is InChI=1S/C33H47N3O5/c1-7-18-34(19-8-2)29(38)26-27-30(39)36(25(22-37)23(5)10-4)28(33(27)17-16-32(26,6)41-33)31(40)35(20-9-3)21-24-14-12-11-13-15-24/h7,9,11-15,23,25-28,37H,1,3,8,10,16-22H2,2,4-6H3/t23-,25-,26+,27-,28?,32-,33?/m0/s1. The molecule has 3 aliphatic heterocycles. The molecule has 3 amide bonds. The molecule has 2 bridgehead atoms. The summed E-state index contributed by atoms with van der Waals surface area (Å²) in [4.78, 5) is 48.5. The van der Waals surface area contributed by atoms with Crippen LogP contribution in [0.1, 0.15) is 58.9 Å². The molecular weight excluding hydrogens is 518 g/mol. The molecule has 0 aromatic heterocycles. The SMILES string of the molecule is C=CCN(Cc1ccccc1)C(=O)C1N([C@@H](CO)[C@@H](C)CC)C(=O)[C@@H]2[C@H](C(=O)N(CC=C)CCC)[C@]3(C)CCC12O3. The van der Waals surface area contributed by atoms with Gasteiger partial charge >= 0.3 is 0 Å². The highest BCUT2D eigenvalue weighted by Crippen LogP contribution is 2.64. The van der Waals surface area contributed by atoms with Crippen molar-refractivity contribution in [3.8, 4) is 0 Å². The minimum Gasteiger partial charge on any atom is -0.394 e. The van der Waals surface area contributed by atoms with E-state index in [1.54, 1.807) is 26.9 Å². The van der Waals surface area contributed by atoms with Gasteiger partial charge in [-0.25, -0.2) is 0 Å². The lowest BCUT2D eigenvalue weighted by Crippen LogP contribution is -2.59. The van der Waals surface area contributed by atoms with E-state index in [2.05, 4.69) is 13.2 Å². The number of likely N-dealkylation sites (tertiary alicyclic amines) is 1. The average molecular weight is 566 g/mol. The predicted molar refractivity (Wildman–Crippen MR) is 159 cm³/mol. The smallest absolute Gasteiger partial charge is 0.249 e. The number of hydrogen-bond donors (Lipinski definition) is 1. The first-order valence-corrected chi connectivity index (χ1v) is 15.1. The second-order valence-corrected chi connectivity index (χ2v) is 12.2. The molecule has 0 saturated carbocycles. The maximum absolute atomic E-state index is 14.7. The van der Waals surface area contributed by atoms with Gasteiger partial charge in [0.05, 0.1) is 30.1 Å². The van der Waals surface area contributed by atoms with E-state index in [1.807, 2.05) is 58.0 Å². The Bertz CT molecular complexity index is 1140. The van der Waals surface area contributed by atoms with E-state index >= 15 is 0 Å². The first-order valence-electron chi connectivity index (χ1n) is 15.1. The number of fused-ring (bicyclic) bond motifs is 1.